The Kier molecular flexibility index (Phi) is 5.68. The minimum atomic E-state index is -1.54. The summed E-state index contributed by atoms with van der Waals surface area (Å²) in [5.74, 6) is -1.06. The molecule has 0 N–H and O–H groups in total. The van der Waals surface area contributed by atoms with E-state index in [0.717, 1.165) is 16.7 Å². The van der Waals surface area contributed by atoms with Crippen LogP contribution in [0.25, 0.3) is 6.08 Å². The second-order valence-corrected chi connectivity index (χ2v) is 12.6. The van der Waals surface area contributed by atoms with Crippen LogP contribution in [0.5, 0.6) is 0 Å². The molecule has 0 radical (unpaired) electrons. The van der Waals surface area contributed by atoms with Crippen molar-refractivity contribution in [3.05, 3.63) is 52.7 Å². The van der Waals surface area contributed by atoms with Gasteiger partial charge in [-0.3, -0.25) is 9.59 Å². The molecular weight excluding hydrogens is 332 g/mol. The van der Waals surface area contributed by atoms with Crippen LogP contribution in [0.4, 0.5) is 0 Å². The van der Waals surface area contributed by atoms with E-state index in [1.807, 2.05) is 30.3 Å². The maximum Gasteiger partial charge on any atom is 0.323 e. The summed E-state index contributed by atoms with van der Waals surface area (Å²) in [5, 5.41) is 0. The van der Waals surface area contributed by atoms with Crippen molar-refractivity contribution in [2.75, 3.05) is 14.2 Å². The highest BCUT2D eigenvalue weighted by molar-refractivity contribution is 6.81. The molecule has 0 aliphatic heterocycles. The Balaban J connectivity index is 2.56. The van der Waals surface area contributed by atoms with Gasteiger partial charge >= 0.3 is 11.9 Å². The van der Waals surface area contributed by atoms with Crippen LogP contribution in [0.15, 0.2) is 47.2 Å². The summed E-state index contributed by atoms with van der Waals surface area (Å²) in [4.78, 5) is 25.0. The molecule has 0 saturated heterocycles. The first-order chi connectivity index (χ1) is 11.7. The van der Waals surface area contributed by atoms with Crippen LogP contribution in [-0.4, -0.2) is 34.2 Å². The summed E-state index contributed by atoms with van der Waals surface area (Å²) < 4.78 is 9.91. The van der Waals surface area contributed by atoms with Gasteiger partial charge in [0.25, 0.3) is 0 Å². The van der Waals surface area contributed by atoms with E-state index < -0.39 is 25.4 Å². The molecule has 0 unspecified atom stereocenters. The lowest BCUT2D eigenvalue weighted by molar-refractivity contribution is -0.168. The second kappa shape index (κ2) is 7.40. The summed E-state index contributed by atoms with van der Waals surface area (Å²) in [5.41, 5.74) is 4.08. The first kappa shape index (κ1) is 19.2. The molecule has 1 aliphatic rings. The molecule has 0 amide bonds. The lowest BCUT2D eigenvalue weighted by Gasteiger charge is -2.22. The van der Waals surface area contributed by atoms with Crippen molar-refractivity contribution in [1.82, 2.24) is 0 Å². The predicted molar refractivity (Wildman–Crippen MR) is 102 cm³/mol. The molecule has 1 aromatic carbocycles. The monoisotopic (exact) mass is 358 g/mol. The fourth-order valence-electron chi connectivity index (χ4n) is 3.26. The molecule has 1 saturated carbocycles. The number of carbonyl (C=O) groups is 2. The van der Waals surface area contributed by atoms with Gasteiger partial charge in [0.15, 0.2) is 5.41 Å². The van der Waals surface area contributed by atoms with Crippen LogP contribution >= 0.6 is 0 Å². The van der Waals surface area contributed by atoms with Crippen LogP contribution in [-0.2, 0) is 19.1 Å². The van der Waals surface area contributed by atoms with Crippen LogP contribution in [0.2, 0.25) is 19.6 Å². The molecule has 4 nitrogen and oxygen atoms in total. The fraction of sp³-hybridized carbons (Fsp3) is 0.400. The number of hydrogen-bond donors (Lipinski definition) is 0. The number of ether oxygens (including phenoxy) is 2. The first-order valence-corrected chi connectivity index (χ1v) is 11.9. The summed E-state index contributed by atoms with van der Waals surface area (Å²) in [6.45, 7) is 6.70. The van der Waals surface area contributed by atoms with Crippen molar-refractivity contribution < 1.29 is 19.1 Å². The molecule has 0 atom stereocenters. The van der Waals surface area contributed by atoms with Crippen LogP contribution in [0, 0.1) is 5.41 Å². The maximum atomic E-state index is 12.5. The average molecular weight is 359 g/mol. The highest BCUT2D eigenvalue weighted by Gasteiger charge is 2.53. The molecule has 5 heteroatoms. The van der Waals surface area contributed by atoms with E-state index in [9.17, 15) is 9.59 Å². The highest BCUT2D eigenvalue weighted by atomic mass is 28.3. The Morgan fingerprint density at radius 2 is 1.48 bits per heavy atom. The van der Waals surface area contributed by atoms with Crippen molar-refractivity contribution in [3.8, 4) is 0 Å². The van der Waals surface area contributed by atoms with E-state index in [4.69, 9.17) is 9.47 Å². The largest absolute Gasteiger partial charge is 0.468 e. The van der Waals surface area contributed by atoms with E-state index in [0.29, 0.717) is 12.8 Å². The summed E-state index contributed by atoms with van der Waals surface area (Å²) in [7, 11) is 1.09. The Labute approximate surface area is 150 Å². The van der Waals surface area contributed by atoms with E-state index >= 15 is 0 Å². The zero-order valence-corrected chi connectivity index (χ0v) is 16.6. The van der Waals surface area contributed by atoms with Gasteiger partial charge in [0.05, 0.1) is 22.3 Å². The van der Waals surface area contributed by atoms with Crippen molar-refractivity contribution in [2.45, 2.75) is 32.5 Å². The number of benzene rings is 1. The number of rotatable bonds is 4. The minimum absolute atomic E-state index is 0.303. The summed E-state index contributed by atoms with van der Waals surface area (Å²) in [6.07, 6.45) is 2.69. The smallest absolute Gasteiger partial charge is 0.323 e. The number of esters is 2. The second-order valence-electron chi connectivity index (χ2n) is 7.53. The van der Waals surface area contributed by atoms with Gasteiger partial charge in [-0.2, -0.15) is 0 Å². The number of allylic oxidation sites excluding steroid dienone is 2. The molecule has 1 aliphatic carbocycles. The van der Waals surface area contributed by atoms with Crippen LogP contribution < -0.4 is 0 Å². The Bertz CT molecular complexity index is 695. The van der Waals surface area contributed by atoms with Crippen molar-refractivity contribution in [2.24, 2.45) is 5.41 Å². The molecular formula is C20H26O4Si. The van der Waals surface area contributed by atoms with Gasteiger partial charge < -0.3 is 9.47 Å². The van der Waals surface area contributed by atoms with Gasteiger partial charge in [0.2, 0.25) is 0 Å². The topological polar surface area (TPSA) is 52.6 Å². The van der Waals surface area contributed by atoms with E-state index in [-0.39, 0.29) is 0 Å². The highest BCUT2D eigenvalue weighted by Crippen LogP contribution is 2.48. The summed E-state index contributed by atoms with van der Waals surface area (Å²) >= 11 is 0. The van der Waals surface area contributed by atoms with Gasteiger partial charge in [0, 0.05) is 0 Å². The summed E-state index contributed by atoms with van der Waals surface area (Å²) in [6, 6.07) is 9.92. The lowest BCUT2D eigenvalue weighted by atomic mass is 9.85. The molecule has 25 heavy (non-hydrogen) atoms. The standard InChI is InChI=1S/C20H26O4Si/c1-23-18(21)20(19(22)24-2)12-16(11-15-9-7-6-8-10-15)17(13-20)14-25(3,4)5/h6-11,14H,12-13H2,1-5H3/b16-11-,17-14+. The Hall–Kier alpha value is -2.14. The van der Waals surface area contributed by atoms with Gasteiger partial charge in [0.1, 0.15) is 0 Å². The third-order valence-electron chi connectivity index (χ3n) is 4.30. The molecule has 0 spiro atoms. The Morgan fingerprint density at radius 3 is 1.96 bits per heavy atom. The molecule has 0 bridgehead atoms. The molecule has 134 valence electrons. The SMILES string of the molecule is COC(=O)C1(C(=O)OC)CC(=C/c2ccccc2)/C(=C/[Si](C)(C)C)C1. The predicted octanol–water partition coefficient (Wildman–Crippen LogP) is 4.00. The lowest BCUT2D eigenvalue weighted by Crippen LogP contribution is -2.38. The van der Waals surface area contributed by atoms with Crippen molar-refractivity contribution in [1.29, 1.82) is 0 Å². The Morgan fingerprint density at radius 1 is 0.960 bits per heavy atom. The van der Waals surface area contributed by atoms with Crippen LogP contribution in [0.3, 0.4) is 0 Å². The van der Waals surface area contributed by atoms with Gasteiger partial charge in [-0.1, -0.05) is 67.3 Å². The third-order valence-corrected chi connectivity index (χ3v) is 5.51. The number of methoxy groups -OCH3 is 2. The first-order valence-electron chi connectivity index (χ1n) is 8.36. The number of hydrogen-bond acceptors (Lipinski definition) is 4. The van der Waals surface area contributed by atoms with Gasteiger partial charge in [-0.05, 0) is 24.0 Å². The fourth-order valence-corrected chi connectivity index (χ4v) is 4.60. The maximum absolute atomic E-state index is 12.5. The quantitative estimate of drug-likeness (QED) is 0.464. The van der Waals surface area contributed by atoms with Crippen molar-refractivity contribution in [3.63, 3.8) is 0 Å². The zero-order chi connectivity index (χ0) is 18.7. The van der Waals surface area contributed by atoms with E-state index in [1.54, 1.807) is 0 Å². The third kappa shape index (κ3) is 4.28. The van der Waals surface area contributed by atoms with Gasteiger partial charge in [-0.25, -0.2) is 0 Å². The zero-order valence-electron chi connectivity index (χ0n) is 15.6. The normalized spacial score (nSPS) is 19.9. The van der Waals surface area contributed by atoms with Crippen molar-refractivity contribution >= 4 is 26.1 Å². The van der Waals surface area contributed by atoms with Crippen LogP contribution in [0.1, 0.15) is 18.4 Å². The molecule has 0 aromatic heterocycles. The molecule has 1 fully saturated rings. The molecule has 0 heterocycles. The molecule has 1 aromatic rings. The van der Waals surface area contributed by atoms with E-state index in [1.165, 1.54) is 14.2 Å². The number of carbonyl (C=O) groups excluding carboxylic acids is 2. The molecule has 2 rings (SSSR count). The average Bonchev–Trinajstić information content (AvgIpc) is 2.91. The minimum Gasteiger partial charge on any atom is -0.468 e. The van der Waals surface area contributed by atoms with Gasteiger partial charge in [-0.15, -0.1) is 0 Å². The van der Waals surface area contributed by atoms with E-state index in [2.05, 4.69) is 31.4 Å².